The molecule has 0 saturated carbocycles. The van der Waals surface area contributed by atoms with Gasteiger partial charge in [-0.3, -0.25) is 19.3 Å². The van der Waals surface area contributed by atoms with Crippen LogP contribution in [-0.2, 0) is 11.2 Å². The van der Waals surface area contributed by atoms with Gasteiger partial charge in [0.1, 0.15) is 0 Å². The molecule has 0 saturated heterocycles. The van der Waals surface area contributed by atoms with Crippen LogP contribution in [0.3, 0.4) is 0 Å². The third kappa shape index (κ3) is 2.83. The summed E-state index contributed by atoms with van der Waals surface area (Å²) in [5.41, 5.74) is 1.65. The number of benzene rings is 2. The highest BCUT2D eigenvalue weighted by Crippen LogP contribution is 2.28. The van der Waals surface area contributed by atoms with Crippen LogP contribution in [0, 0.1) is 0 Å². The second-order valence-electron chi connectivity index (χ2n) is 5.25. The number of anilines is 1. The van der Waals surface area contributed by atoms with E-state index >= 15 is 0 Å². The number of carbonyl (C=O) groups is 3. The van der Waals surface area contributed by atoms with Gasteiger partial charge in [-0.25, -0.2) is 0 Å². The predicted octanol–water partition coefficient (Wildman–Crippen LogP) is 2.75. The normalized spacial score (nSPS) is 13.2. The second-order valence-corrected chi connectivity index (χ2v) is 5.69. The van der Waals surface area contributed by atoms with Crippen molar-refractivity contribution < 1.29 is 14.4 Å². The van der Waals surface area contributed by atoms with Gasteiger partial charge >= 0.3 is 0 Å². The van der Waals surface area contributed by atoms with Crippen molar-refractivity contribution in [3.8, 4) is 0 Å². The van der Waals surface area contributed by atoms with E-state index < -0.39 is 5.91 Å². The number of hydrogen-bond acceptors (Lipinski definition) is 3. The molecule has 3 amide bonds. The van der Waals surface area contributed by atoms with Crippen molar-refractivity contribution in [3.63, 3.8) is 0 Å². The summed E-state index contributed by atoms with van der Waals surface area (Å²) >= 11 is 5.90. The summed E-state index contributed by atoms with van der Waals surface area (Å²) in [4.78, 5) is 37.3. The maximum Gasteiger partial charge on any atom is 0.263 e. The van der Waals surface area contributed by atoms with Crippen LogP contribution >= 0.6 is 11.6 Å². The first-order valence-corrected chi connectivity index (χ1v) is 7.35. The van der Waals surface area contributed by atoms with Gasteiger partial charge in [-0.2, -0.15) is 0 Å². The van der Waals surface area contributed by atoms with Crippen LogP contribution < -0.4 is 5.32 Å². The summed E-state index contributed by atoms with van der Waals surface area (Å²) in [6, 6.07) is 11.8. The molecule has 23 heavy (non-hydrogen) atoms. The van der Waals surface area contributed by atoms with Crippen molar-refractivity contribution in [3.05, 3.63) is 64.2 Å². The first-order chi connectivity index (χ1) is 11.0. The average Bonchev–Trinajstić information content (AvgIpc) is 2.73. The lowest BCUT2D eigenvalue weighted by atomic mass is 10.1. The van der Waals surface area contributed by atoms with E-state index in [0.29, 0.717) is 16.3 Å². The standard InChI is InChI=1S/C17H13ClN2O3/c1-20-16(22)12-6-3-7-13(15(12)17(20)23)19-14(21)9-10-4-2-5-11(18)8-10/h2-8H,9H2,1H3,(H,19,21). The van der Waals surface area contributed by atoms with E-state index in [1.807, 2.05) is 0 Å². The van der Waals surface area contributed by atoms with Crippen molar-refractivity contribution >= 4 is 35.0 Å². The molecular formula is C17H13ClN2O3. The Kier molecular flexibility index (Phi) is 3.88. The number of hydrogen-bond donors (Lipinski definition) is 1. The number of halogens is 1. The van der Waals surface area contributed by atoms with Gasteiger partial charge < -0.3 is 5.32 Å². The van der Waals surface area contributed by atoms with E-state index in [1.165, 1.54) is 7.05 Å². The van der Waals surface area contributed by atoms with E-state index in [0.717, 1.165) is 10.5 Å². The van der Waals surface area contributed by atoms with Gasteiger partial charge in [-0.15, -0.1) is 0 Å². The zero-order valence-electron chi connectivity index (χ0n) is 12.3. The minimum absolute atomic E-state index is 0.127. The Morgan fingerprint density at radius 3 is 2.61 bits per heavy atom. The number of nitrogens with one attached hydrogen (secondary N) is 1. The average molecular weight is 329 g/mol. The topological polar surface area (TPSA) is 66.5 Å². The van der Waals surface area contributed by atoms with E-state index in [1.54, 1.807) is 42.5 Å². The Morgan fingerprint density at radius 2 is 1.87 bits per heavy atom. The van der Waals surface area contributed by atoms with Crippen LogP contribution in [0.5, 0.6) is 0 Å². The lowest BCUT2D eigenvalue weighted by Crippen LogP contribution is -2.24. The Labute approximate surface area is 137 Å². The molecule has 0 radical (unpaired) electrons. The fourth-order valence-corrected chi connectivity index (χ4v) is 2.75. The highest BCUT2D eigenvalue weighted by Gasteiger charge is 2.35. The van der Waals surface area contributed by atoms with Crippen LogP contribution in [-0.4, -0.2) is 29.7 Å². The summed E-state index contributed by atoms with van der Waals surface area (Å²) in [6.07, 6.45) is 0.127. The molecule has 0 atom stereocenters. The second kappa shape index (κ2) is 5.85. The van der Waals surface area contributed by atoms with Gasteiger partial charge in [-0.05, 0) is 29.8 Å². The third-order valence-corrected chi connectivity index (χ3v) is 3.88. The van der Waals surface area contributed by atoms with Gasteiger partial charge in [0, 0.05) is 12.1 Å². The smallest absolute Gasteiger partial charge is 0.263 e. The summed E-state index contributed by atoms with van der Waals surface area (Å²) < 4.78 is 0. The van der Waals surface area contributed by atoms with Crippen LogP contribution in [0.4, 0.5) is 5.69 Å². The number of nitrogens with zero attached hydrogens (tertiary/aromatic N) is 1. The molecule has 1 N–H and O–H groups in total. The molecule has 0 spiro atoms. The Bertz CT molecular complexity index is 832. The number of carbonyl (C=O) groups excluding carboxylic acids is 3. The fourth-order valence-electron chi connectivity index (χ4n) is 2.53. The number of fused-ring (bicyclic) bond motifs is 1. The SMILES string of the molecule is CN1C(=O)c2cccc(NC(=O)Cc3cccc(Cl)c3)c2C1=O. The summed E-state index contributed by atoms with van der Waals surface area (Å²) in [5, 5.41) is 3.25. The minimum atomic E-state index is -0.413. The molecule has 0 aromatic heterocycles. The predicted molar refractivity (Wildman–Crippen MR) is 86.7 cm³/mol. The Morgan fingerprint density at radius 1 is 1.13 bits per heavy atom. The lowest BCUT2D eigenvalue weighted by Gasteiger charge is -2.09. The monoisotopic (exact) mass is 328 g/mol. The molecule has 0 unspecified atom stereocenters. The van der Waals surface area contributed by atoms with Gasteiger partial charge in [0.2, 0.25) is 5.91 Å². The Hall–Kier alpha value is -2.66. The van der Waals surface area contributed by atoms with Gasteiger partial charge in [0.25, 0.3) is 11.8 Å². The lowest BCUT2D eigenvalue weighted by molar-refractivity contribution is -0.115. The molecular weight excluding hydrogens is 316 g/mol. The van der Waals surface area contributed by atoms with Gasteiger partial charge in [0.05, 0.1) is 23.2 Å². The van der Waals surface area contributed by atoms with Crippen LogP contribution in [0.1, 0.15) is 26.3 Å². The highest BCUT2D eigenvalue weighted by molar-refractivity contribution is 6.30. The summed E-state index contributed by atoms with van der Waals surface area (Å²) in [5.74, 6) is -1.06. The minimum Gasteiger partial charge on any atom is -0.325 e. The molecule has 1 aliphatic heterocycles. The highest BCUT2D eigenvalue weighted by atomic mass is 35.5. The van der Waals surface area contributed by atoms with E-state index in [4.69, 9.17) is 11.6 Å². The largest absolute Gasteiger partial charge is 0.325 e. The summed E-state index contributed by atoms with van der Waals surface area (Å²) in [7, 11) is 1.42. The zero-order valence-corrected chi connectivity index (χ0v) is 13.1. The van der Waals surface area contributed by atoms with Gasteiger partial charge in [-0.1, -0.05) is 29.8 Å². The fraction of sp³-hybridized carbons (Fsp3) is 0.118. The molecule has 116 valence electrons. The summed E-state index contributed by atoms with van der Waals surface area (Å²) in [6.45, 7) is 0. The van der Waals surface area contributed by atoms with Crippen molar-refractivity contribution in [1.82, 2.24) is 4.90 Å². The zero-order chi connectivity index (χ0) is 16.6. The van der Waals surface area contributed by atoms with Crippen molar-refractivity contribution in [1.29, 1.82) is 0 Å². The van der Waals surface area contributed by atoms with Crippen LogP contribution in [0.15, 0.2) is 42.5 Å². The Balaban J connectivity index is 1.83. The first-order valence-electron chi connectivity index (χ1n) is 6.97. The maximum absolute atomic E-state index is 12.2. The molecule has 0 fully saturated rings. The van der Waals surface area contributed by atoms with Crippen molar-refractivity contribution in [2.45, 2.75) is 6.42 Å². The third-order valence-electron chi connectivity index (χ3n) is 3.65. The van der Waals surface area contributed by atoms with E-state index in [9.17, 15) is 14.4 Å². The number of amides is 3. The van der Waals surface area contributed by atoms with Crippen LogP contribution in [0.25, 0.3) is 0 Å². The molecule has 5 nitrogen and oxygen atoms in total. The quantitative estimate of drug-likeness (QED) is 0.881. The molecule has 0 bridgehead atoms. The van der Waals surface area contributed by atoms with Gasteiger partial charge in [0.15, 0.2) is 0 Å². The molecule has 2 aromatic rings. The molecule has 0 aliphatic carbocycles. The van der Waals surface area contributed by atoms with Crippen molar-refractivity contribution in [2.24, 2.45) is 0 Å². The first kappa shape index (κ1) is 15.2. The van der Waals surface area contributed by atoms with Crippen molar-refractivity contribution in [2.75, 3.05) is 12.4 Å². The van der Waals surface area contributed by atoms with E-state index in [2.05, 4.69) is 5.32 Å². The molecule has 1 heterocycles. The number of imide groups is 1. The van der Waals surface area contributed by atoms with Crippen LogP contribution in [0.2, 0.25) is 5.02 Å². The molecule has 6 heteroatoms. The maximum atomic E-state index is 12.2. The van der Waals surface area contributed by atoms with E-state index in [-0.39, 0.29) is 23.8 Å². The molecule has 1 aliphatic rings. The molecule has 2 aromatic carbocycles. The number of rotatable bonds is 3. The molecule has 3 rings (SSSR count).